The average molecular weight is 641 g/mol. The van der Waals surface area contributed by atoms with E-state index in [1.807, 2.05) is 6.92 Å². The third-order valence-electron chi connectivity index (χ3n) is 7.46. The van der Waals surface area contributed by atoms with Gasteiger partial charge in [0.05, 0.1) is 28.0 Å². The minimum atomic E-state index is -4.48. The molecule has 0 saturated heterocycles. The molecule has 0 unspecified atom stereocenters. The minimum Gasteiger partial charge on any atom is -0.344 e. The van der Waals surface area contributed by atoms with E-state index in [1.54, 1.807) is 72.7 Å². The number of alkyl halides is 3. The van der Waals surface area contributed by atoms with Crippen LogP contribution in [0.25, 0.3) is 22.2 Å². The number of amides is 3. The number of nitrogens with one attached hydrogen (secondary N) is 2. The van der Waals surface area contributed by atoms with E-state index >= 15 is 0 Å². The van der Waals surface area contributed by atoms with Crippen molar-refractivity contribution in [3.05, 3.63) is 120 Å². The molecule has 9 nitrogen and oxygen atoms in total. The quantitative estimate of drug-likeness (QED) is 0.176. The van der Waals surface area contributed by atoms with Crippen LogP contribution in [0.2, 0.25) is 0 Å². The highest BCUT2D eigenvalue weighted by Crippen LogP contribution is 2.31. The van der Waals surface area contributed by atoms with Gasteiger partial charge in [-0.15, -0.1) is 0 Å². The van der Waals surface area contributed by atoms with E-state index in [-0.39, 0.29) is 23.0 Å². The molecule has 12 heteroatoms. The predicted molar refractivity (Wildman–Crippen MR) is 171 cm³/mol. The van der Waals surface area contributed by atoms with Crippen molar-refractivity contribution in [1.82, 2.24) is 25.2 Å². The SMILES string of the molecule is CCCCN(C)C(=O)[C@@H](NC(=O)c1ccc2nc(NC(=O)c3cccnc3-c3ccc(C(F)(F)F)cc3)ccc2c1)c1ccccn1. The molecule has 5 aromatic rings. The van der Waals surface area contributed by atoms with Gasteiger partial charge in [0.25, 0.3) is 17.7 Å². The van der Waals surface area contributed by atoms with Crippen LogP contribution >= 0.6 is 0 Å². The first kappa shape index (κ1) is 32.7. The van der Waals surface area contributed by atoms with Crippen molar-refractivity contribution in [2.45, 2.75) is 32.0 Å². The molecule has 5 rings (SSSR count). The lowest BCUT2D eigenvalue weighted by Gasteiger charge is -2.24. The third kappa shape index (κ3) is 7.78. The maximum absolute atomic E-state index is 13.4. The topological polar surface area (TPSA) is 117 Å². The Labute approximate surface area is 268 Å². The zero-order valence-electron chi connectivity index (χ0n) is 25.6. The van der Waals surface area contributed by atoms with E-state index in [1.165, 1.54) is 24.4 Å². The van der Waals surface area contributed by atoms with E-state index in [0.29, 0.717) is 34.3 Å². The standard InChI is InChI=1S/C35H31F3N6O3/c1-3-4-20-44(2)34(47)31(28-9-5-6-18-39-28)43-32(45)24-12-16-27-23(21-24)13-17-29(41-27)42-33(46)26-8-7-19-40-30(26)22-10-14-25(15-11-22)35(36,37)38/h5-19,21,31H,3-4,20H2,1-2H3,(H,43,45)(H,41,42,46)/t31-/m0/s1. The van der Waals surface area contributed by atoms with Crippen molar-refractivity contribution in [3.8, 4) is 11.3 Å². The van der Waals surface area contributed by atoms with E-state index in [9.17, 15) is 27.6 Å². The Bertz CT molecular complexity index is 1900. The second-order valence-corrected chi connectivity index (χ2v) is 10.8. The molecule has 240 valence electrons. The normalized spacial score (nSPS) is 11.9. The van der Waals surface area contributed by atoms with E-state index in [4.69, 9.17) is 0 Å². The van der Waals surface area contributed by atoms with Gasteiger partial charge in [-0.3, -0.25) is 24.4 Å². The van der Waals surface area contributed by atoms with Crippen LogP contribution in [0.3, 0.4) is 0 Å². The second kappa shape index (κ2) is 14.2. The second-order valence-electron chi connectivity index (χ2n) is 10.8. The Kier molecular flexibility index (Phi) is 9.88. The molecule has 0 fully saturated rings. The summed E-state index contributed by atoms with van der Waals surface area (Å²) in [5, 5.41) is 6.16. The highest BCUT2D eigenvalue weighted by atomic mass is 19.4. The zero-order chi connectivity index (χ0) is 33.6. The average Bonchev–Trinajstić information content (AvgIpc) is 3.09. The number of fused-ring (bicyclic) bond motifs is 1. The van der Waals surface area contributed by atoms with Gasteiger partial charge in [0.1, 0.15) is 5.82 Å². The molecule has 0 bridgehead atoms. The monoisotopic (exact) mass is 640 g/mol. The van der Waals surface area contributed by atoms with Gasteiger partial charge in [-0.2, -0.15) is 13.2 Å². The summed E-state index contributed by atoms with van der Waals surface area (Å²) in [5.41, 5.74) is 1.13. The number of unbranched alkanes of at least 4 members (excludes halogenated alkanes) is 1. The lowest BCUT2D eigenvalue weighted by atomic mass is 10.0. The van der Waals surface area contributed by atoms with Crippen LogP contribution in [0.4, 0.5) is 19.0 Å². The first-order valence-corrected chi connectivity index (χ1v) is 14.9. The number of anilines is 1. The first-order chi connectivity index (χ1) is 22.5. The van der Waals surface area contributed by atoms with Crippen LogP contribution in [0.1, 0.15) is 57.8 Å². The van der Waals surface area contributed by atoms with Gasteiger partial charge < -0.3 is 15.5 Å². The van der Waals surface area contributed by atoms with Crippen LogP contribution in [0.5, 0.6) is 0 Å². The van der Waals surface area contributed by atoms with Gasteiger partial charge in [-0.1, -0.05) is 31.5 Å². The minimum absolute atomic E-state index is 0.151. The molecule has 3 heterocycles. The number of nitrogens with zero attached hydrogens (tertiary/aromatic N) is 4. The van der Waals surface area contributed by atoms with Crippen LogP contribution in [0.15, 0.2) is 97.3 Å². The van der Waals surface area contributed by atoms with Crippen LogP contribution in [-0.4, -0.2) is 51.2 Å². The number of hydrogen-bond acceptors (Lipinski definition) is 6. The molecule has 0 spiro atoms. The number of carbonyl (C=O) groups is 3. The van der Waals surface area contributed by atoms with E-state index < -0.39 is 29.6 Å². The van der Waals surface area contributed by atoms with Gasteiger partial charge in [-0.25, -0.2) is 4.98 Å². The summed E-state index contributed by atoms with van der Waals surface area (Å²) in [4.78, 5) is 54.5. The van der Waals surface area contributed by atoms with E-state index in [2.05, 4.69) is 25.6 Å². The lowest BCUT2D eigenvalue weighted by molar-refractivity contribution is -0.137. The molecule has 2 aromatic carbocycles. The van der Waals surface area contributed by atoms with Crippen molar-refractivity contribution in [1.29, 1.82) is 0 Å². The number of likely N-dealkylation sites (N-methyl/N-ethyl adjacent to an activating group) is 1. The molecule has 3 aromatic heterocycles. The molecule has 0 aliphatic heterocycles. The van der Waals surface area contributed by atoms with Gasteiger partial charge in [-0.05, 0) is 73.2 Å². The van der Waals surface area contributed by atoms with Crippen molar-refractivity contribution in [2.24, 2.45) is 0 Å². The fraction of sp³-hybridized carbons (Fsp3) is 0.200. The summed E-state index contributed by atoms with van der Waals surface area (Å²) in [7, 11) is 1.70. The maximum Gasteiger partial charge on any atom is 0.416 e. The highest BCUT2D eigenvalue weighted by Gasteiger charge is 2.30. The van der Waals surface area contributed by atoms with Gasteiger partial charge in [0.2, 0.25) is 0 Å². The van der Waals surface area contributed by atoms with Crippen molar-refractivity contribution in [3.63, 3.8) is 0 Å². The van der Waals surface area contributed by atoms with Crippen LogP contribution < -0.4 is 10.6 Å². The Morgan fingerprint density at radius 3 is 2.34 bits per heavy atom. The molecular weight excluding hydrogens is 609 g/mol. The maximum atomic E-state index is 13.4. The molecule has 0 aliphatic carbocycles. The molecular formula is C35H31F3N6O3. The number of pyridine rings is 3. The summed E-state index contributed by atoms with van der Waals surface area (Å²) in [6.45, 7) is 2.58. The van der Waals surface area contributed by atoms with Crippen molar-refractivity contribution < 1.29 is 27.6 Å². The molecule has 0 radical (unpaired) electrons. The molecule has 3 amide bonds. The number of halogens is 3. The molecule has 47 heavy (non-hydrogen) atoms. The third-order valence-corrected chi connectivity index (χ3v) is 7.46. The summed E-state index contributed by atoms with van der Waals surface area (Å²) in [6, 6.07) is 19.8. The molecule has 0 saturated carbocycles. The number of aromatic nitrogens is 3. The number of hydrogen-bond donors (Lipinski definition) is 2. The lowest BCUT2D eigenvalue weighted by Crippen LogP contribution is -2.42. The van der Waals surface area contributed by atoms with Crippen LogP contribution in [0, 0.1) is 0 Å². The zero-order valence-corrected chi connectivity index (χ0v) is 25.6. The highest BCUT2D eigenvalue weighted by molar-refractivity contribution is 6.08. The number of benzene rings is 2. The Morgan fingerprint density at radius 2 is 1.64 bits per heavy atom. The summed E-state index contributed by atoms with van der Waals surface area (Å²) >= 11 is 0. The first-order valence-electron chi connectivity index (χ1n) is 14.9. The predicted octanol–water partition coefficient (Wildman–Crippen LogP) is 6.69. The summed E-state index contributed by atoms with van der Waals surface area (Å²) < 4.78 is 39.1. The fourth-order valence-electron chi connectivity index (χ4n) is 4.90. The van der Waals surface area contributed by atoms with E-state index in [0.717, 1.165) is 25.0 Å². The van der Waals surface area contributed by atoms with Gasteiger partial charge >= 0.3 is 6.18 Å². The molecule has 0 aliphatic rings. The molecule has 2 N–H and O–H groups in total. The van der Waals surface area contributed by atoms with Gasteiger partial charge in [0, 0.05) is 42.5 Å². The Balaban J connectivity index is 1.33. The van der Waals surface area contributed by atoms with Gasteiger partial charge in [0.15, 0.2) is 6.04 Å². The largest absolute Gasteiger partial charge is 0.416 e. The fourth-order valence-corrected chi connectivity index (χ4v) is 4.90. The molecule has 1 atom stereocenters. The van der Waals surface area contributed by atoms with Crippen LogP contribution in [-0.2, 0) is 11.0 Å². The van der Waals surface area contributed by atoms with Crippen molar-refractivity contribution >= 4 is 34.4 Å². The Morgan fingerprint density at radius 1 is 0.872 bits per heavy atom. The smallest absolute Gasteiger partial charge is 0.344 e. The number of rotatable bonds is 10. The summed E-state index contributed by atoms with van der Waals surface area (Å²) in [6.07, 6.45) is 0.275. The Hall–Kier alpha value is -5.65. The number of carbonyl (C=O) groups excluding carboxylic acids is 3. The van der Waals surface area contributed by atoms with Crippen molar-refractivity contribution in [2.75, 3.05) is 18.9 Å². The summed E-state index contributed by atoms with van der Waals surface area (Å²) in [5.74, 6) is -1.07.